The third-order valence-electron chi connectivity index (χ3n) is 3.34. The fourth-order valence-electron chi connectivity index (χ4n) is 2.00. The summed E-state index contributed by atoms with van der Waals surface area (Å²) in [5.41, 5.74) is 1.40. The summed E-state index contributed by atoms with van der Waals surface area (Å²) in [5, 5.41) is 3.59. The Morgan fingerprint density at radius 2 is 2.00 bits per heavy atom. The molecule has 1 aliphatic carbocycles. The lowest BCUT2D eigenvalue weighted by Gasteiger charge is -2.26. The van der Waals surface area contributed by atoms with E-state index in [2.05, 4.69) is 17.4 Å². The number of nitrogens with one attached hydrogen (secondary N) is 1. The minimum atomic E-state index is 0.816. The summed E-state index contributed by atoms with van der Waals surface area (Å²) in [7, 11) is 1.71. The smallest absolute Gasteiger partial charge is 0.118 e. The van der Waals surface area contributed by atoms with Gasteiger partial charge in [-0.1, -0.05) is 18.6 Å². The van der Waals surface area contributed by atoms with Crippen LogP contribution in [0.5, 0.6) is 5.75 Å². The number of ether oxygens (including phenoxy) is 1. The topological polar surface area (TPSA) is 21.3 Å². The zero-order chi connectivity index (χ0) is 11.2. The van der Waals surface area contributed by atoms with E-state index in [9.17, 15) is 0 Å². The molecule has 0 radical (unpaired) electrons. The van der Waals surface area contributed by atoms with Crippen molar-refractivity contribution in [1.82, 2.24) is 5.32 Å². The van der Waals surface area contributed by atoms with Gasteiger partial charge in [0.25, 0.3) is 0 Å². The second-order valence-electron chi connectivity index (χ2n) is 4.53. The van der Waals surface area contributed by atoms with Gasteiger partial charge in [-0.2, -0.15) is 0 Å². The van der Waals surface area contributed by atoms with Crippen molar-refractivity contribution < 1.29 is 4.74 Å². The molecule has 0 unspecified atom stereocenters. The van der Waals surface area contributed by atoms with Crippen molar-refractivity contribution in [3.8, 4) is 5.75 Å². The summed E-state index contributed by atoms with van der Waals surface area (Å²) >= 11 is 0. The van der Waals surface area contributed by atoms with E-state index in [0.29, 0.717) is 0 Å². The van der Waals surface area contributed by atoms with Crippen LogP contribution < -0.4 is 10.1 Å². The van der Waals surface area contributed by atoms with Gasteiger partial charge in [0.15, 0.2) is 0 Å². The fraction of sp³-hybridized carbons (Fsp3) is 0.571. The van der Waals surface area contributed by atoms with Gasteiger partial charge >= 0.3 is 0 Å². The summed E-state index contributed by atoms with van der Waals surface area (Å²) in [4.78, 5) is 0. The predicted octanol–water partition coefficient (Wildman–Crippen LogP) is 2.77. The van der Waals surface area contributed by atoms with Crippen molar-refractivity contribution in [2.24, 2.45) is 0 Å². The fourth-order valence-corrected chi connectivity index (χ4v) is 2.00. The molecule has 2 nitrogen and oxygen atoms in total. The third kappa shape index (κ3) is 3.24. The maximum Gasteiger partial charge on any atom is 0.118 e. The average Bonchev–Trinajstić information content (AvgIpc) is 2.27. The van der Waals surface area contributed by atoms with Crippen LogP contribution in [-0.2, 0) is 6.42 Å². The lowest BCUT2D eigenvalue weighted by atomic mass is 9.93. The van der Waals surface area contributed by atoms with Crippen molar-refractivity contribution in [1.29, 1.82) is 0 Å². The molecule has 0 amide bonds. The van der Waals surface area contributed by atoms with Gasteiger partial charge in [0.1, 0.15) is 5.75 Å². The van der Waals surface area contributed by atoms with Crippen LogP contribution in [0, 0.1) is 0 Å². The van der Waals surface area contributed by atoms with Gasteiger partial charge in [0.05, 0.1) is 7.11 Å². The molecule has 1 aromatic rings. The quantitative estimate of drug-likeness (QED) is 0.743. The molecule has 1 aromatic carbocycles. The highest BCUT2D eigenvalue weighted by atomic mass is 16.5. The number of aryl methyl sites for hydroxylation is 1. The molecule has 1 aliphatic rings. The molecule has 2 heteroatoms. The molecule has 16 heavy (non-hydrogen) atoms. The summed E-state index contributed by atoms with van der Waals surface area (Å²) in [6.45, 7) is 1.15. The van der Waals surface area contributed by atoms with Crippen LogP contribution >= 0.6 is 0 Å². The maximum absolute atomic E-state index is 5.14. The first kappa shape index (κ1) is 11.5. The molecule has 0 atom stereocenters. The lowest BCUT2D eigenvalue weighted by molar-refractivity contribution is 0.339. The highest BCUT2D eigenvalue weighted by Crippen LogP contribution is 2.18. The Kier molecular flexibility index (Phi) is 4.23. The molecule has 1 fully saturated rings. The average molecular weight is 219 g/mol. The van der Waals surface area contributed by atoms with Gasteiger partial charge in [-0.05, 0) is 49.9 Å². The Morgan fingerprint density at radius 1 is 1.25 bits per heavy atom. The van der Waals surface area contributed by atoms with Gasteiger partial charge in [-0.25, -0.2) is 0 Å². The van der Waals surface area contributed by atoms with Crippen molar-refractivity contribution in [2.75, 3.05) is 13.7 Å². The molecule has 0 saturated heterocycles. The highest BCUT2D eigenvalue weighted by Gasteiger charge is 2.15. The first-order valence-corrected chi connectivity index (χ1v) is 6.25. The number of methoxy groups -OCH3 is 1. The summed E-state index contributed by atoms with van der Waals surface area (Å²) < 4.78 is 5.14. The third-order valence-corrected chi connectivity index (χ3v) is 3.34. The largest absolute Gasteiger partial charge is 0.497 e. The van der Waals surface area contributed by atoms with Crippen LogP contribution in [0.2, 0.25) is 0 Å². The van der Waals surface area contributed by atoms with Crippen molar-refractivity contribution in [3.63, 3.8) is 0 Å². The van der Waals surface area contributed by atoms with E-state index in [4.69, 9.17) is 4.74 Å². The van der Waals surface area contributed by atoms with E-state index < -0.39 is 0 Å². The predicted molar refractivity (Wildman–Crippen MR) is 67.0 cm³/mol. The van der Waals surface area contributed by atoms with E-state index in [1.54, 1.807) is 7.11 Å². The van der Waals surface area contributed by atoms with Gasteiger partial charge in [0, 0.05) is 6.04 Å². The molecule has 88 valence electrons. The van der Waals surface area contributed by atoms with Crippen LogP contribution in [0.3, 0.4) is 0 Å². The minimum absolute atomic E-state index is 0.816. The molecule has 1 saturated carbocycles. The molecule has 0 aliphatic heterocycles. The van der Waals surface area contributed by atoms with Crippen molar-refractivity contribution >= 4 is 0 Å². The van der Waals surface area contributed by atoms with Gasteiger partial charge in [0.2, 0.25) is 0 Å². The highest BCUT2D eigenvalue weighted by molar-refractivity contribution is 5.27. The van der Waals surface area contributed by atoms with Crippen LogP contribution in [0.15, 0.2) is 24.3 Å². The number of hydrogen-bond acceptors (Lipinski definition) is 2. The van der Waals surface area contributed by atoms with E-state index >= 15 is 0 Å². The molecule has 0 bridgehead atoms. The van der Waals surface area contributed by atoms with E-state index in [-0.39, 0.29) is 0 Å². The molecule has 0 aromatic heterocycles. The first-order valence-electron chi connectivity index (χ1n) is 6.25. The normalized spacial score (nSPS) is 15.8. The lowest BCUT2D eigenvalue weighted by Crippen LogP contribution is -2.35. The number of rotatable bonds is 6. The molecule has 0 spiro atoms. The van der Waals surface area contributed by atoms with Crippen molar-refractivity contribution in [3.05, 3.63) is 29.8 Å². The summed E-state index contributed by atoms with van der Waals surface area (Å²) in [6, 6.07) is 9.20. The SMILES string of the molecule is COc1ccc(CCCNC2CCC2)cc1. The monoisotopic (exact) mass is 219 g/mol. The second kappa shape index (κ2) is 5.90. The Morgan fingerprint density at radius 3 is 2.56 bits per heavy atom. The maximum atomic E-state index is 5.14. The minimum Gasteiger partial charge on any atom is -0.497 e. The first-order chi connectivity index (χ1) is 7.88. The Hall–Kier alpha value is -1.02. The van der Waals surface area contributed by atoms with E-state index in [1.165, 1.54) is 31.2 Å². The van der Waals surface area contributed by atoms with Crippen LogP contribution in [0.4, 0.5) is 0 Å². The van der Waals surface area contributed by atoms with Crippen molar-refractivity contribution in [2.45, 2.75) is 38.1 Å². The zero-order valence-corrected chi connectivity index (χ0v) is 10.0. The van der Waals surface area contributed by atoms with Crippen LogP contribution in [0.1, 0.15) is 31.2 Å². The molecular weight excluding hydrogens is 198 g/mol. The second-order valence-corrected chi connectivity index (χ2v) is 4.53. The Labute approximate surface area is 98.0 Å². The van der Waals surface area contributed by atoms with Crippen LogP contribution in [0.25, 0.3) is 0 Å². The summed E-state index contributed by atoms with van der Waals surface area (Å²) in [6.07, 6.45) is 6.55. The van der Waals surface area contributed by atoms with Gasteiger partial charge in [-0.3, -0.25) is 0 Å². The zero-order valence-electron chi connectivity index (χ0n) is 10.0. The summed E-state index contributed by atoms with van der Waals surface area (Å²) in [5.74, 6) is 0.941. The van der Waals surface area contributed by atoms with Gasteiger partial charge < -0.3 is 10.1 Å². The van der Waals surface area contributed by atoms with E-state index in [0.717, 1.165) is 24.8 Å². The number of benzene rings is 1. The Balaban J connectivity index is 1.64. The molecule has 1 N–H and O–H groups in total. The molecule has 0 heterocycles. The molecular formula is C14H21NO. The number of hydrogen-bond donors (Lipinski definition) is 1. The van der Waals surface area contributed by atoms with Crippen LogP contribution in [-0.4, -0.2) is 19.7 Å². The Bertz CT molecular complexity index is 303. The molecule has 2 rings (SSSR count). The van der Waals surface area contributed by atoms with Gasteiger partial charge in [-0.15, -0.1) is 0 Å². The van der Waals surface area contributed by atoms with E-state index in [1.807, 2.05) is 12.1 Å². The standard InChI is InChI=1S/C14H21NO/c1-16-14-9-7-12(8-10-14)4-3-11-15-13-5-2-6-13/h7-10,13,15H,2-6,11H2,1H3.